The van der Waals surface area contributed by atoms with Gasteiger partial charge in [-0.25, -0.2) is 0 Å². The molecule has 142 valence electrons. The normalized spacial score (nSPS) is 20.6. The Morgan fingerprint density at radius 3 is 2.35 bits per heavy atom. The molecule has 0 aromatic heterocycles. The van der Waals surface area contributed by atoms with Gasteiger partial charge in [0.05, 0.1) is 6.04 Å². The maximum absolute atomic E-state index is 12.6. The third kappa shape index (κ3) is 5.09. The fraction of sp³-hybridized carbons (Fsp3) is 0.636. The monoisotopic (exact) mass is 356 g/mol. The minimum atomic E-state index is 0.0386. The zero-order valence-corrected chi connectivity index (χ0v) is 16.0. The molecule has 1 saturated heterocycles. The molecule has 26 heavy (non-hydrogen) atoms. The molecule has 1 aromatic carbocycles. The number of piperidine rings is 1. The molecular weight excluding hydrogens is 324 g/mol. The number of hydrogen-bond donors (Lipinski definition) is 1. The second-order valence-electron chi connectivity index (χ2n) is 8.01. The second kappa shape index (κ2) is 9.20. The molecule has 1 aromatic rings. The van der Waals surface area contributed by atoms with Gasteiger partial charge in [0.2, 0.25) is 11.8 Å². The highest BCUT2D eigenvalue weighted by Gasteiger charge is 2.29. The Kier molecular flexibility index (Phi) is 6.70. The smallest absolute Gasteiger partial charge is 0.225 e. The van der Waals surface area contributed by atoms with E-state index in [1.165, 1.54) is 19.3 Å². The number of carbonyl (C=O) groups excluding carboxylic acids is 2. The van der Waals surface area contributed by atoms with Gasteiger partial charge in [0.15, 0.2) is 0 Å². The first-order valence-corrected chi connectivity index (χ1v) is 10.3. The standard InChI is InChI=1S/C22H32N2O2/c1-17(19-8-4-2-5-9-19)23-21(25)16-18-12-14-24(15-13-18)22(26)20-10-6-3-7-11-20/h2,4-5,8-9,17-18,20H,3,6-7,10-16H2,1H3,(H,23,25). The summed E-state index contributed by atoms with van der Waals surface area (Å²) in [7, 11) is 0. The first kappa shape index (κ1) is 18.9. The number of benzene rings is 1. The Hall–Kier alpha value is -1.84. The summed E-state index contributed by atoms with van der Waals surface area (Å²) in [5, 5.41) is 3.11. The van der Waals surface area contributed by atoms with Crippen LogP contribution in [0.3, 0.4) is 0 Å². The highest BCUT2D eigenvalue weighted by Crippen LogP contribution is 2.28. The van der Waals surface area contributed by atoms with Crippen molar-refractivity contribution in [2.75, 3.05) is 13.1 Å². The first-order valence-electron chi connectivity index (χ1n) is 10.3. The van der Waals surface area contributed by atoms with Crippen LogP contribution in [-0.4, -0.2) is 29.8 Å². The number of amides is 2. The van der Waals surface area contributed by atoms with Crippen molar-refractivity contribution in [3.8, 4) is 0 Å². The van der Waals surface area contributed by atoms with E-state index in [-0.39, 0.29) is 17.9 Å². The molecule has 4 nitrogen and oxygen atoms in total. The molecule has 2 amide bonds. The van der Waals surface area contributed by atoms with Crippen LogP contribution < -0.4 is 5.32 Å². The number of nitrogens with one attached hydrogen (secondary N) is 1. The van der Waals surface area contributed by atoms with Gasteiger partial charge in [-0.05, 0) is 44.1 Å². The van der Waals surface area contributed by atoms with Crippen molar-refractivity contribution >= 4 is 11.8 Å². The second-order valence-corrected chi connectivity index (χ2v) is 8.01. The fourth-order valence-electron chi connectivity index (χ4n) is 4.35. The molecule has 1 atom stereocenters. The molecule has 0 radical (unpaired) electrons. The molecule has 3 rings (SSSR count). The molecule has 0 bridgehead atoms. The lowest BCUT2D eigenvalue weighted by Crippen LogP contribution is -2.43. The molecular formula is C22H32N2O2. The summed E-state index contributed by atoms with van der Waals surface area (Å²) in [5.41, 5.74) is 1.13. The third-order valence-electron chi connectivity index (χ3n) is 6.03. The average Bonchev–Trinajstić information content (AvgIpc) is 2.69. The summed E-state index contributed by atoms with van der Waals surface area (Å²) in [4.78, 5) is 27.0. The Morgan fingerprint density at radius 2 is 1.69 bits per heavy atom. The van der Waals surface area contributed by atoms with Crippen LogP contribution in [0.25, 0.3) is 0 Å². The van der Waals surface area contributed by atoms with Crippen molar-refractivity contribution in [2.24, 2.45) is 11.8 Å². The average molecular weight is 357 g/mol. The molecule has 0 spiro atoms. The van der Waals surface area contributed by atoms with Crippen molar-refractivity contribution in [3.05, 3.63) is 35.9 Å². The minimum Gasteiger partial charge on any atom is -0.350 e. The van der Waals surface area contributed by atoms with E-state index in [1.54, 1.807) is 0 Å². The highest BCUT2D eigenvalue weighted by molar-refractivity contribution is 5.79. The summed E-state index contributed by atoms with van der Waals surface area (Å²) < 4.78 is 0. The Labute approximate surface area is 157 Å². The van der Waals surface area contributed by atoms with Crippen LogP contribution in [0.4, 0.5) is 0 Å². The maximum Gasteiger partial charge on any atom is 0.225 e. The van der Waals surface area contributed by atoms with Gasteiger partial charge < -0.3 is 10.2 Å². The van der Waals surface area contributed by atoms with Gasteiger partial charge in [-0.1, -0.05) is 49.6 Å². The minimum absolute atomic E-state index is 0.0386. The van der Waals surface area contributed by atoms with Crippen LogP contribution in [0.2, 0.25) is 0 Å². The number of nitrogens with zero attached hydrogens (tertiary/aromatic N) is 1. The quantitative estimate of drug-likeness (QED) is 0.864. The SMILES string of the molecule is CC(NC(=O)CC1CCN(C(=O)C2CCCCC2)CC1)c1ccccc1. The molecule has 1 saturated carbocycles. The number of hydrogen-bond acceptors (Lipinski definition) is 2. The van der Waals surface area contributed by atoms with Gasteiger partial charge in [-0.3, -0.25) is 9.59 Å². The first-order chi connectivity index (χ1) is 12.6. The summed E-state index contributed by atoms with van der Waals surface area (Å²) >= 11 is 0. The largest absolute Gasteiger partial charge is 0.350 e. The molecule has 1 unspecified atom stereocenters. The van der Waals surface area contributed by atoms with E-state index in [9.17, 15) is 9.59 Å². The lowest BCUT2D eigenvalue weighted by atomic mass is 9.86. The van der Waals surface area contributed by atoms with Crippen LogP contribution in [-0.2, 0) is 9.59 Å². The lowest BCUT2D eigenvalue weighted by molar-refractivity contribution is -0.138. The predicted octanol–water partition coefficient (Wildman–Crippen LogP) is 4.07. The fourth-order valence-corrected chi connectivity index (χ4v) is 4.35. The van der Waals surface area contributed by atoms with Crippen LogP contribution in [0.15, 0.2) is 30.3 Å². The molecule has 2 fully saturated rings. The van der Waals surface area contributed by atoms with Crippen molar-refractivity contribution in [2.45, 2.75) is 64.3 Å². The molecule has 1 heterocycles. The molecule has 1 N–H and O–H groups in total. The van der Waals surface area contributed by atoms with Crippen molar-refractivity contribution in [3.63, 3.8) is 0 Å². The summed E-state index contributed by atoms with van der Waals surface area (Å²) in [5.74, 6) is 1.15. The van der Waals surface area contributed by atoms with Gasteiger partial charge in [0.1, 0.15) is 0 Å². The van der Waals surface area contributed by atoms with Crippen molar-refractivity contribution in [1.82, 2.24) is 10.2 Å². The van der Waals surface area contributed by atoms with E-state index < -0.39 is 0 Å². The number of likely N-dealkylation sites (tertiary alicyclic amines) is 1. The molecule has 1 aliphatic heterocycles. The van der Waals surface area contributed by atoms with Crippen LogP contribution >= 0.6 is 0 Å². The zero-order chi connectivity index (χ0) is 18.4. The summed E-state index contributed by atoms with van der Waals surface area (Å²) in [6, 6.07) is 10.1. The van der Waals surface area contributed by atoms with Gasteiger partial charge in [0.25, 0.3) is 0 Å². The van der Waals surface area contributed by atoms with Crippen molar-refractivity contribution in [1.29, 1.82) is 0 Å². The van der Waals surface area contributed by atoms with E-state index in [1.807, 2.05) is 37.3 Å². The van der Waals surface area contributed by atoms with E-state index >= 15 is 0 Å². The van der Waals surface area contributed by atoms with Gasteiger partial charge in [-0.2, -0.15) is 0 Å². The Bertz CT molecular complexity index is 587. The van der Waals surface area contributed by atoms with Gasteiger partial charge >= 0.3 is 0 Å². The van der Waals surface area contributed by atoms with Crippen LogP contribution in [0.5, 0.6) is 0 Å². The van der Waals surface area contributed by atoms with E-state index in [0.717, 1.165) is 44.3 Å². The highest BCUT2D eigenvalue weighted by atomic mass is 16.2. The Balaban J connectivity index is 1.40. The molecule has 4 heteroatoms. The van der Waals surface area contributed by atoms with E-state index in [4.69, 9.17) is 0 Å². The maximum atomic E-state index is 12.6. The van der Waals surface area contributed by atoms with E-state index in [0.29, 0.717) is 18.2 Å². The number of carbonyl (C=O) groups is 2. The van der Waals surface area contributed by atoms with Gasteiger partial charge in [0, 0.05) is 25.4 Å². The third-order valence-corrected chi connectivity index (χ3v) is 6.03. The molecule has 1 aliphatic carbocycles. The number of rotatable bonds is 5. The van der Waals surface area contributed by atoms with Gasteiger partial charge in [-0.15, -0.1) is 0 Å². The topological polar surface area (TPSA) is 49.4 Å². The van der Waals surface area contributed by atoms with E-state index in [2.05, 4.69) is 10.2 Å². The predicted molar refractivity (Wildman–Crippen MR) is 103 cm³/mol. The Morgan fingerprint density at radius 1 is 1.04 bits per heavy atom. The summed E-state index contributed by atoms with van der Waals surface area (Å²) in [6.07, 6.45) is 8.29. The molecule has 2 aliphatic rings. The van der Waals surface area contributed by atoms with Crippen molar-refractivity contribution < 1.29 is 9.59 Å². The van der Waals surface area contributed by atoms with Crippen LogP contribution in [0.1, 0.15) is 69.9 Å². The lowest BCUT2D eigenvalue weighted by Gasteiger charge is -2.35. The van der Waals surface area contributed by atoms with Crippen LogP contribution in [0, 0.1) is 11.8 Å². The zero-order valence-electron chi connectivity index (χ0n) is 16.0. The summed E-state index contributed by atoms with van der Waals surface area (Å²) in [6.45, 7) is 3.67.